The Bertz CT molecular complexity index is 622. The topological polar surface area (TPSA) is 50.7 Å². The molecule has 4 heteroatoms. The zero-order valence-corrected chi connectivity index (χ0v) is 12.1. The lowest BCUT2D eigenvalue weighted by Gasteiger charge is -2.12. The van der Waals surface area contributed by atoms with E-state index < -0.39 is 0 Å². The largest absolute Gasteiger partial charge is 0.373 e. The zero-order valence-electron chi connectivity index (χ0n) is 12.1. The Morgan fingerprint density at radius 2 is 1.95 bits per heavy atom. The van der Waals surface area contributed by atoms with Crippen molar-refractivity contribution in [2.24, 2.45) is 0 Å². The lowest BCUT2D eigenvalue weighted by Crippen LogP contribution is -2.07. The van der Waals surface area contributed by atoms with Crippen LogP contribution in [0.2, 0.25) is 0 Å². The summed E-state index contributed by atoms with van der Waals surface area (Å²) in [5.41, 5.74) is 4.52. The van der Waals surface area contributed by atoms with Gasteiger partial charge in [0.2, 0.25) is 0 Å². The van der Waals surface area contributed by atoms with Crippen molar-refractivity contribution in [1.82, 2.24) is 15.0 Å². The molecular weight excluding hydrogens is 248 g/mol. The normalized spacial score (nSPS) is 14.5. The summed E-state index contributed by atoms with van der Waals surface area (Å²) in [6.07, 6.45) is 7.66. The third-order valence-electron chi connectivity index (χ3n) is 3.81. The van der Waals surface area contributed by atoms with Crippen molar-refractivity contribution in [2.45, 2.75) is 39.0 Å². The van der Waals surface area contributed by atoms with Crippen LogP contribution >= 0.6 is 0 Å². The third kappa shape index (κ3) is 2.50. The molecule has 104 valence electrons. The van der Waals surface area contributed by atoms with Crippen molar-refractivity contribution in [1.29, 1.82) is 0 Å². The van der Waals surface area contributed by atoms with E-state index in [1.54, 1.807) is 0 Å². The van der Waals surface area contributed by atoms with Crippen molar-refractivity contribution in [2.75, 3.05) is 12.4 Å². The molecule has 2 aromatic rings. The van der Waals surface area contributed by atoms with Gasteiger partial charge in [-0.15, -0.1) is 0 Å². The van der Waals surface area contributed by atoms with Crippen molar-refractivity contribution >= 4 is 5.82 Å². The Morgan fingerprint density at radius 3 is 2.75 bits per heavy atom. The number of rotatable bonds is 2. The molecule has 1 aliphatic carbocycles. The number of nitrogens with zero attached hydrogens (tertiary/aromatic N) is 3. The fourth-order valence-electron chi connectivity index (χ4n) is 2.75. The summed E-state index contributed by atoms with van der Waals surface area (Å²) in [7, 11) is 1.93. The highest BCUT2D eigenvalue weighted by Crippen LogP contribution is 2.27. The minimum Gasteiger partial charge on any atom is -0.373 e. The molecule has 0 aliphatic heterocycles. The highest BCUT2D eigenvalue weighted by atomic mass is 15.0. The smallest absolute Gasteiger partial charge is 0.180 e. The van der Waals surface area contributed by atoms with Gasteiger partial charge in [-0.05, 0) is 50.3 Å². The van der Waals surface area contributed by atoms with Crippen LogP contribution < -0.4 is 5.32 Å². The van der Waals surface area contributed by atoms with Crippen LogP contribution in [0.15, 0.2) is 18.3 Å². The number of hydrogen-bond donors (Lipinski definition) is 1. The summed E-state index contributed by atoms with van der Waals surface area (Å²) >= 11 is 0. The van der Waals surface area contributed by atoms with Gasteiger partial charge in [0.25, 0.3) is 0 Å². The maximum Gasteiger partial charge on any atom is 0.180 e. The van der Waals surface area contributed by atoms with Crippen molar-refractivity contribution in [3.63, 3.8) is 0 Å². The van der Waals surface area contributed by atoms with E-state index in [0.717, 1.165) is 30.2 Å². The Hall–Kier alpha value is -1.97. The van der Waals surface area contributed by atoms with Crippen LogP contribution in [0, 0.1) is 6.92 Å². The fraction of sp³-hybridized carbons (Fsp3) is 0.438. The summed E-state index contributed by atoms with van der Waals surface area (Å²) < 4.78 is 0. The molecule has 2 aromatic heterocycles. The molecule has 2 heterocycles. The second-order valence-corrected chi connectivity index (χ2v) is 5.35. The summed E-state index contributed by atoms with van der Waals surface area (Å²) in [6.45, 7) is 2.06. The number of nitrogens with one attached hydrogen (secondary N) is 1. The van der Waals surface area contributed by atoms with Crippen molar-refractivity contribution < 1.29 is 0 Å². The molecule has 0 saturated carbocycles. The second-order valence-electron chi connectivity index (χ2n) is 5.35. The van der Waals surface area contributed by atoms with Crippen molar-refractivity contribution in [3.05, 3.63) is 35.2 Å². The van der Waals surface area contributed by atoms with Gasteiger partial charge in [-0.2, -0.15) is 0 Å². The molecule has 1 N–H and O–H groups in total. The molecule has 0 radical (unpaired) electrons. The third-order valence-corrected chi connectivity index (χ3v) is 3.81. The molecule has 3 rings (SSSR count). The average Bonchev–Trinajstić information content (AvgIpc) is 2.71. The fourth-order valence-corrected chi connectivity index (χ4v) is 2.75. The van der Waals surface area contributed by atoms with Crippen molar-refractivity contribution in [3.8, 4) is 11.5 Å². The first-order chi connectivity index (χ1) is 9.78. The molecule has 0 saturated heterocycles. The SMILES string of the molecule is CNc1nc(-c2cc(C)ccn2)nc2c1CCCCC2. The van der Waals surface area contributed by atoms with Crippen LogP contribution in [-0.4, -0.2) is 22.0 Å². The highest BCUT2D eigenvalue weighted by molar-refractivity contribution is 5.57. The van der Waals surface area contributed by atoms with Crippen LogP contribution in [0.5, 0.6) is 0 Å². The number of anilines is 1. The first-order valence-corrected chi connectivity index (χ1v) is 7.28. The predicted octanol–water partition coefficient (Wildman–Crippen LogP) is 3.16. The first-order valence-electron chi connectivity index (χ1n) is 7.28. The summed E-state index contributed by atoms with van der Waals surface area (Å²) in [5.74, 6) is 1.70. The Balaban J connectivity index is 2.11. The Labute approximate surface area is 119 Å². The second kappa shape index (κ2) is 5.57. The van der Waals surface area contributed by atoms with Gasteiger partial charge in [-0.1, -0.05) is 6.42 Å². The molecule has 0 fully saturated rings. The predicted molar refractivity (Wildman–Crippen MR) is 80.8 cm³/mol. The molecule has 0 spiro atoms. The lowest BCUT2D eigenvalue weighted by molar-refractivity contribution is 0.709. The van der Waals surface area contributed by atoms with Gasteiger partial charge in [-0.25, -0.2) is 9.97 Å². The molecule has 20 heavy (non-hydrogen) atoms. The van der Waals surface area contributed by atoms with E-state index in [2.05, 4.69) is 22.2 Å². The number of hydrogen-bond acceptors (Lipinski definition) is 4. The first kappa shape index (κ1) is 13.0. The van der Waals surface area contributed by atoms with Crippen LogP contribution in [-0.2, 0) is 12.8 Å². The summed E-state index contributed by atoms with van der Waals surface area (Å²) in [4.78, 5) is 13.9. The van der Waals surface area contributed by atoms with E-state index in [0.29, 0.717) is 0 Å². The molecule has 0 atom stereocenters. The quantitative estimate of drug-likeness (QED) is 0.850. The lowest BCUT2D eigenvalue weighted by atomic mass is 10.1. The van der Waals surface area contributed by atoms with E-state index in [1.807, 2.05) is 25.4 Å². The standard InChI is InChI=1S/C16H20N4/c1-11-8-9-18-14(10-11)16-19-13-7-5-3-4-6-12(13)15(17-2)20-16/h8-10H,3-7H2,1-2H3,(H,17,19,20). The maximum atomic E-state index is 4.78. The molecule has 4 nitrogen and oxygen atoms in total. The van der Waals surface area contributed by atoms with Gasteiger partial charge in [0.05, 0.1) is 0 Å². The van der Waals surface area contributed by atoms with Crippen LogP contribution in [0.3, 0.4) is 0 Å². The molecule has 0 unspecified atom stereocenters. The summed E-state index contributed by atoms with van der Waals surface area (Å²) in [6, 6.07) is 4.03. The van der Waals surface area contributed by atoms with Crippen LogP contribution in [0.1, 0.15) is 36.1 Å². The van der Waals surface area contributed by atoms with Gasteiger partial charge in [0, 0.05) is 24.5 Å². The average molecular weight is 268 g/mol. The van der Waals surface area contributed by atoms with Gasteiger partial charge in [0.15, 0.2) is 5.82 Å². The minimum absolute atomic E-state index is 0.735. The molecule has 0 bridgehead atoms. The Kier molecular flexibility index (Phi) is 3.63. The van der Waals surface area contributed by atoms with Crippen LogP contribution in [0.25, 0.3) is 11.5 Å². The molecular formula is C16H20N4. The molecule has 0 amide bonds. The number of pyridine rings is 1. The van der Waals surface area contributed by atoms with E-state index in [4.69, 9.17) is 4.98 Å². The summed E-state index contributed by atoms with van der Waals surface area (Å²) in [5, 5.41) is 3.23. The number of fused-ring (bicyclic) bond motifs is 1. The maximum absolute atomic E-state index is 4.78. The van der Waals surface area contributed by atoms with E-state index >= 15 is 0 Å². The highest BCUT2D eigenvalue weighted by Gasteiger charge is 2.17. The van der Waals surface area contributed by atoms with E-state index in [-0.39, 0.29) is 0 Å². The van der Waals surface area contributed by atoms with Gasteiger partial charge >= 0.3 is 0 Å². The minimum atomic E-state index is 0.735. The Morgan fingerprint density at radius 1 is 1.10 bits per heavy atom. The van der Waals surface area contributed by atoms with Gasteiger partial charge in [0.1, 0.15) is 11.5 Å². The monoisotopic (exact) mass is 268 g/mol. The van der Waals surface area contributed by atoms with E-state index in [1.165, 1.54) is 36.1 Å². The molecule has 0 aromatic carbocycles. The zero-order chi connectivity index (χ0) is 13.9. The van der Waals surface area contributed by atoms with Gasteiger partial charge < -0.3 is 5.32 Å². The van der Waals surface area contributed by atoms with Gasteiger partial charge in [-0.3, -0.25) is 4.98 Å². The number of aryl methyl sites for hydroxylation is 2. The number of aromatic nitrogens is 3. The van der Waals surface area contributed by atoms with Crippen LogP contribution in [0.4, 0.5) is 5.82 Å². The molecule has 1 aliphatic rings. The van der Waals surface area contributed by atoms with E-state index in [9.17, 15) is 0 Å².